The summed E-state index contributed by atoms with van der Waals surface area (Å²) in [5, 5.41) is 5.67. The van der Waals surface area contributed by atoms with E-state index >= 15 is 0 Å². The minimum absolute atomic E-state index is 0.0367. The van der Waals surface area contributed by atoms with Crippen LogP contribution < -0.4 is 22.1 Å². The zero-order valence-corrected chi connectivity index (χ0v) is 31.0. The Morgan fingerprint density at radius 3 is 1.92 bits per heavy atom. The van der Waals surface area contributed by atoms with Crippen LogP contribution in [0.4, 0.5) is 10.5 Å². The topological polar surface area (TPSA) is 183 Å². The molecule has 0 saturated heterocycles. The molecule has 0 aliphatic rings. The van der Waals surface area contributed by atoms with Crippen molar-refractivity contribution in [3.8, 4) is 0 Å². The third-order valence-electron chi connectivity index (χ3n) is 8.50. The number of alkyl carbamates (subject to hydrolysis) is 1. The molecule has 3 aromatic carbocycles. The van der Waals surface area contributed by atoms with E-state index in [1.807, 2.05) is 88.4 Å². The van der Waals surface area contributed by atoms with E-state index in [1.165, 1.54) is 35.7 Å². The number of carbonyl (C=O) groups excluding carboxylic acids is 3. The molecule has 0 aliphatic carbocycles. The average molecular weight is 724 g/mol. The van der Waals surface area contributed by atoms with Crippen LogP contribution in [0.5, 0.6) is 0 Å². The van der Waals surface area contributed by atoms with Crippen molar-refractivity contribution in [2.75, 3.05) is 32.5 Å². The Balaban J connectivity index is 1.80. The second-order valence-electron chi connectivity index (χ2n) is 13.3. The Bertz CT molecular complexity index is 1600. The number of anilines is 1. The van der Waals surface area contributed by atoms with E-state index in [-0.39, 0.29) is 36.4 Å². The molecule has 3 aromatic rings. The summed E-state index contributed by atoms with van der Waals surface area (Å²) in [6.45, 7) is 7.68. The molecule has 12 nitrogen and oxygen atoms in total. The molecule has 0 saturated carbocycles. The molecule has 3 rings (SSSR count). The summed E-state index contributed by atoms with van der Waals surface area (Å²) in [4.78, 5) is 39.1. The lowest BCUT2D eigenvalue weighted by atomic mass is 9.84. The number of rotatable bonds is 19. The third-order valence-corrected chi connectivity index (χ3v) is 10.4. The van der Waals surface area contributed by atoms with Crippen molar-refractivity contribution in [3.63, 3.8) is 0 Å². The minimum atomic E-state index is -4.01. The van der Waals surface area contributed by atoms with Crippen molar-refractivity contribution >= 4 is 33.7 Å². The highest BCUT2D eigenvalue weighted by atomic mass is 32.2. The largest absolute Gasteiger partial charge is 0.463 e. The quantitative estimate of drug-likeness (QED) is 0.0777. The Morgan fingerprint density at radius 2 is 1.41 bits per heavy atom. The van der Waals surface area contributed by atoms with Gasteiger partial charge in [-0.3, -0.25) is 9.59 Å². The maximum Gasteiger partial charge on any atom is 0.407 e. The van der Waals surface area contributed by atoms with Gasteiger partial charge in [-0.15, -0.1) is 0 Å². The maximum absolute atomic E-state index is 14.0. The first-order valence-corrected chi connectivity index (χ1v) is 18.7. The Kier molecular flexibility index (Phi) is 15.9. The highest BCUT2D eigenvalue weighted by Crippen LogP contribution is 2.29. The van der Waals surface area contributed by atoms with Gasteiger partial charge in [-0.1, -0.05) is 88.4 Å². The van der Waals surface area contributed by atoms with Crippen LogP contribution in [0.25, 0.3) is 0 Å². The normalized spacial score (nSPS) is 13.5. The van der Waals surface area contributed by atoms with Crippen LogP contribution in [0.1, 0.15) is 64.0 Å². The SMILES string of the molecule is COC(=O)NC(C(=O)NCCCCC(COC(=O)C(N)C(C)C)N(CC(C)C)S(=O)(=O)c1ccc(N)cc1)C(c1ccccc1)c1ccccc1. The fourth-order valence-electron chi connectivity index (χ4n) is 5.65. The number of esters is 1. The van der Waals surface area contributed by atoms with Gasteiger partial charge in [-0.05, 0) is 66.5 Å². The number of amides is 2. The number of unbranched alkanes of at least 4 members (excludes halogenated alkanes) is 1. The lowest BCUT2D eigenvalue weighted by Gasteiger charge is -2.32. The molecule has 0 radical (unpaired) electrons. The summed E-state index contributed by atoms with van der Waals surface area (Å²) >= 11 is 0. The van der Waals surface area contributed by atoms with E-state index in [1.54, 1.807) is 0 Å². The summed E-state index contributed by atoms with van der Waals surface area (Å²) in [5.41, 5.74) is 14.0. The van der Waals surface area contributed by atoms with Crippen LogP contribution in [0.3, 0.4) is 0 Å². The van der Waals surface area contributed by atoms with Crippen molar-refractivity contribution < 1.29 is 32.3 Å². The lowest BCUT2D eigenvalue weighted by Crippen LogP contribution is -2.50. The number of nitrogen functional groups attached to an aromatic ring is 1. The number of carbonyl (C=O) groups is 3. The van der Waals surface area contributed by atoms with Crippen molar-refractivity contribution in [2.45, 2.75) is 75.9 Å². The van der Waals surface area contributed by atoms with Crippen molar-refractivity contribution in [1.29, 1.82) is 0 Å². The number of methoxy groups -OCH3 is 1. The third kappa shape index (κ3) is 12.1. The van der Waals surface area contributed by atoms with Crippen LogP contribution in [0.15, 0.2) is 89.8 Å². The van der Waals surface area contributed by atoms with Crippen LogP contribution in [-0.4, -0.2) is 75.6 Å². The number of hydrogen-bond acceptors (Lipinski definition) is 9. The van der Waals surface area contributed by atoms with E-state index in [9.17, 15) is 22.8 Å². The van der Waals surface area contributed by atoms with Gasteiger partial charge in [0.2, 0.25) is 15.9 Å². The fourth-order valence-corrected chi connectivity index (χ4v) is 7.45. The molecule has 3 unspecified atom stereocenters. The predicted molar refractivity (Wildman–Crippen MR) is 198 cm³/mol. The smallest absolute Gasteiger partial charge is 0.407 e. The van der Waals surface area contributed by atoms with Gasteiger partial charge in [0, 0.05) is 24.7 Å². The van der Waals surface area contributed by atoms with Crippen molar-refractivity contribution in [3.05, 3.63) is 96.1 Å². The van der Waals surface area contributed by atoms with Gasteiger partial charge in [0.25, 0.3) is 0 Å². The molecule has 6 N–H and O–H groups in total. The Morgan fingerprint density at radius 1 is 0.843 bits per heavy atom. The highest BCUT2D eigenvalue weighted by Gasteiger charge is 2.35. The summed E-state index contributed by atoms with van der Waals surface area (Å²) in [7, 11) is -2.77. The fraction of sp³-hybridized carbons (Fsp3) is 0.447. The number of nitrogens with one attached hydrogen (secondary N) is 2. The molecule has 0 spiro atoms. The van der Waals surface area contributed by atoms with E-state index in [0.29, 0.717) is 24.9 Å². The lowest BCUT2D eigenvalue weighted by molar-refractivity contribution is -0.147. The molecule has 278 valence electrons. The summed E-state index contributed by atoms with van der Waals surface area (Å²) in [6, 6.07) is 22.3. The predicted octanol–water partition coefficient (Wildman–Crippen LogP) is 4.65. The monoisotopic (exact) mass is 723 g/mol. The van der Waals surface area contributed by atoms with Gasteiger partial charge >= 0.3 is 12.1 Å². The molecule has 0 aliphatic heterocycles. The molecule has 3 atom stereocenters. The van der Waals surface area contributed by atoms with E-state index < -0.39 is 52.0 Å². The standard InChI is InChI=1S/C38H53N5O7S/c1-26(2)24-43(51(47,48)32-21-19-30(39)20-22-32)31(25-50-37(45)34(40)27(3)4)18-12-13-23-41-36(44)35(42-38(46)49-5)33(28-14-8-6-9-15-28)29-16-10-7-11-17-29/h6-11,14-17,19-22,26-27,31,33-35H,12-13,18,23-25,39-40H2,1-5H3,(H,41,44)(H,42,46). The number of hydrogen-bond donors (Lipinski definition) is 4. The molecule has 51 heavy (non-hydrogen) atoms. The number of ether oxygens (including phenoxy) is 2. The maximum atomic E-state index is 14.0. The number of nitrogens with two attached hydrogens (primary N) is 2. The van der Waals surface area contributed by atoms with Gasteiger partial charge < -0.3 is 31.6 Å². The van der Waals surface area contributed by atoms with Gasteiger partial charge in [-0.2, -0.15) is 4.31 Å². The highest BCUT2D eigenvalue weighted by molar-refractivity contribution is 7.89. The number of benzene rings is 3. The van der Waals surface area contributed by atoms with Crippen molar-refractivity contribution in [1.82, 2.24) is 14.9 Å². The van der Waals surface area contributed by atoms with E-state index in [2.05, 4.69) is 10.6 Å². The zero-order valence-electron chi connectivity index (χ0n) is 30.2. The van der Waals surface area contributed by atoms with Gasteiger partial charge in [0.05, 0.1) is 18.0 Å². The molecule has 0 heterocycles. The first kappa shape index (κ1) is 41.0. The van der Waals surface area contributed by atoms with Gasteiger partial charge in [0.15, 0.2) is 0 Å². The second-order valence-corrected chi connectivity index (χ2v) is 15.2. The van der Waals surface area contributed by atoms with E-state index in [0.717, 1.165) is 11.1 Å². The van der Waals surface area contributed by atoms with Crippen LogP contribution in [0, 0.1) is 11.8 Å². The molecular weight excluding hydrogens is 671 g/mol. The molecule has 0 fully saturated rings. The van der Waals surface area contributed by atoms with Crippen LogP contribution >= 0.6 is 0 Å². The first-order valence-electron chi connectivity index (χ1n) is 17.3. The number of sulfonamides is 1. The van der Waals surface area contributed by atoms with Gasteiger partial charge in [-0.25, -0.2) is 13.2 Å². The molecule has 2 amide bonds. The molecular formula is C38H53N5O7S. The molecule has 0 aromatic heterocycles. The Labute approximate surface area is 302 Å². The number of nitrogens with zero attached hydrogens (tertiary/aromatic N) is 1. The summed E-state index contributed by atoms with van der Waals surface area (Å²) in [6.07, 6.45) is 0.557. The van der Waals surface area contributed by atoms with Crippen molar-refractivity contribution in [2.24, 2.45) is 17.6 Å². The molecule has 0 bridgehead atoms. The Hall–Kier alpha value is -4.46. The summed E-state index contributed by atoms with van der Waals surface area (Å²) in [5.74, 6) is -1.71. The first-order chi connectivity index (χ1) is 24.3. The second kappa shape index (κ2) is 19.8. The minimum Gasteiger partial charge on any atom is -0.463 e. The molecule has 13 heteroatoms. The van der Waals surface area contributed by atoms with Gasteiger partial charge in [0.1, 0.15) is 18.7 Å². The van der Waals surface area contributed by atoms with Crippen LogP contribution in [-0.2, 0) is 29.1 Å². The zero-order chi connectivity index (χ0) is 37.6. The summed E-state index contributed by atoms with van der Waals surface area (Å²) < 4.78 is 39.8. The average Bonchev–Trinajstić information content (AvgIpc) is 3.11. The van der Waals surface area contributed by atoms with Crippen LogP contribution in [0.2, 0.25) is 0 Å². The van der Waals surface area contributed by atoms with E-state index in [4.69, 9.17) is 20.9 Å².